The molecule has 120 valence electrons. The summed E-state index contributed by atoms with van der Waals surface area (Å²) in [6.07, 6.45) is 7.11. The maximum atomic E-state index is 12.0. The maximum absolute atomic E-state index is 12.0. The number of carbonyl (C=O) groups is 1. The smallest absolute Gasteiger partial charge is 0.410 e. The van der Waals surface area contributed by atoms with Gasteiger partial charge in [0.05, 0.1) is 5.75 Å². The summed E-state index contributed by atoms with van der Waals surface area (Å²) in [4.78, 5) is 13.8. The third-order valence-electron chi connectivity index (χ3n) is 3.31. The van der Waals surface area contributed by atoms with Crippen LogP contribution in [0.3, 0.4) is 0 Å². The van der Waals surface area contributed by atoms with Crippen molar-refractivity contribution in [2.24, 2.45) is 5.92 Å². The molecule has 0 unspecified atom stereocenters. The Bertz CT molecular complexity index is 352. The molecule has 0 aromatic rings. The maximum Gasteiger partial charge on any atom is 0.410 e. The highest BCUT2D eigenvalue weighted by Crippen LogP contribution is 2.19. The van der Waals surface area contributed by atoms with E-state index in [1.807, 2.05) is 25.7 Å². The van der Waals surface area contributed by atoms with Crippen LogP contribution < -0.4 is 5.32 Å². The largest absolute Gasteiger partial charge is 0.444 e. The number of nitrogens with zero attached hydrogens (tertiary/aromatic N) is 1. The number of amides is 1. The highest BCUT2D eigenvalue weighted by atomic mass is 32.2. The average Bonchev–Trinajstić information content (AvgIpc) is 2.41. The Labute approximate surface area is 133 Å². The first-order valence-corrected chi connectivity index (χ1v) is 8.77. The van der Waals surface area contributed by atoms with E-state index in [9.17, 15) is 4.79 Å². The van der Waals surface area contributed by atoms with E-state index in [1.165, 1.54) is 0 Å². The van der Waals surface area contributed by atoms with Crippen molar-refractivity contribution >= 4 is 17.9 Å². The second-order valence-electron chi connectivity index (χ2n) is 6.37. The molecule has 1 heterocycles. The molecular weight excluding hydrogens is 284 g/mol. The molecule has 0 aliphatic carbocycles. The summed E-state index contributed by atoms with van der Waals surface area (Å²) < 4.78 is 5.40. The van der Waals surface area contributed by atoms with Gasteiger partial charge in [-0.25, -0.2) is 4.79 Å². The molecule has 1 amide bonds. The van der Waals surface area contributed by atoms with Crippen LogP contribution >= 0.6 is 11.8 Å². The summed E-state index contributed by atoms with van der Waals surface area (Å²) in [5.74, 6) is 5.12. The number of thioether (sulfide) groups is 1. The fourth-order valence-corrected chi connectivity index (χ4v) is 2.78. The molecule has 21 heavy (non-hydrogen) atoms. The molecular formula is C16H28N2O2S. The van der Waals surface area contributed by atoms with E-state index in [-0.39, 0.29) is 6.09 Å². The van der Waals surface area contributed by atoms with Crippen LogP contribution in [-0.2, 0) is 4.74 Å². The van der Waals surface area contributed by atoms with Gasteiger partial charge in [-0.3, -0.25) is 0 Å². The third-order valence-corrected chi connectivity index (χ3v) is 4.17. The lowest BCUT2D eigenvalue weighted by molar-refractivity contribution is 0.0184. The van der Waals surface area contributed by atoms with Gasteiger partial charge in [0.15, 0.2) is 0 Å². The summed E-state index contributed by atoms with van der Waals surface area (Å²) in [7, 11) is 0. The fourth-order valence-electron chi connectivity index (χ4n) is 2.23. The van der Waals surface area contributed by atoms with Crippen molar-refractivity contribution in [3.63, 3.8) is 0 Å². The second-order valence-corrected chi connectivity index (χ2v) is 7.48. The zero-order valence-electron chi connectivity index (χ0n) is 13.5. The molecule has 1 fully saturated rings. The van der Waals surface area contributed by atoms with Crippen molar-refractivity contribution in [2.75, 3.05) is 37.7 Å². The standard InChI is InChI=1S/C16H28N2O2S/c1-5-11-21-12-8-17-13-14-6-9-18(10-7-14)15(19)20-16(2,3)4/h1,14,17H,6-13H2,2-4H3. The molecule has 1 aliphatic heterocycles. The van der Waals surface area contributed by atoms with Crippen LogP contribution in [0.15, 0.2) is 0 Å². The number of rotatable bonds is 6. The Morgan fingerprint density at radius 2 is 2.10 bits per heavy atom. The lowest BCUT2D eigenvalue weighted by Crippen LogP contribution is -2.43. The van der Waals surface area contributed by atoms with E-state index < -0.39 is 5.60 Å². The van der Waals surface area contributed by atoms with Crippen molar-refractivity contribution in [2.45, 2.75) is 39.2 Å². The second kappa shape index (κ2) is 9.22. The quantitative estimate of drug-likeness (QED) is 0.605. The van der Waals surface area contributed by atoms with Gasteiger partial charge in [0.25, 0.3) is 0 Å². The van der Waals surface area contributed by atoms with Crippen LogP contribution in [0.2, 0.25) is 0 Å². The van der Waals surface area contributed by atoms with E-state index in [0.717, 1.165) is 50.5 Å². The Balaban J connectivity index is 2.12. The molecule has 4 nitrogen and oxygen atoms in total. The van der Waals surface area contributed by atoms with E-state index in [2.05, 4.69) is 11.2 Å². The molecule has 0 radical (unpaired) electrons. The molecule has 1 rings (SSSR count). The first kappa shape index (κ1) is 18.2. The van der Waals surface area contributed by atoms with Crippen molar-refractivity contribution in [1.82, 2.24) is 10.2 Å². The summed E-state index contributed by atoms with van der Waals surface area (Å²) in [5.41, 5.74) is -0.411. The average molecular weight is 312 g/mol. The number of carbonyl (C=O) groups excluding carboxylic acids is 1. The van der Waals surface area contributed by atoms with Gasteiger partial charge < -0.3 is 15.0 Å². The fraction of sp³-hybridized carbons (Fsp3) is 0.812. The molecule has 0 aromatic heterocycles. The minimum Gasteiger partial charge on any atom is -0.444 e. The van der Waals surface area contributed by atoms with E-state index in [1.54, 1.807) is 11.8 Å². The van der Waals surface area contributed by atoms with Crippen LogP contribution in [0.5, 0.6) is 0 Å². The Kier molecular flexibility index (Phi) is 7.98. The summed E-state index contributed by atoms with van der Waals surface area (Å²) >= 11 is 1.78. The zero-order valence-corrected chi connectivity index (χ0v) is 14.3. The van der Waals surface area contributed by atoms with Gasteiger partial charge in [-0.05, 0) is 46.1 Å². The summed E-state index contributed by atoms with van der Waals surface area (Å²) in [6, 6.07) is 0. The van der Waals surface area contributed by atoms with Gasteiger partial charge in [-0.2, -0.15) is 0 Å². The number of ether oxygens (including phenoxy) is 1. The van der Waals surface area contributed by atoms with Crippen LogP contribution in [0.25, 0.3) is 0 Å². The van der Waals surface area contributed by atoms with Crippen LogP contribution in [0.4, 0.5) is 4.79 Å². The molecule has 0 spiro atoms. The van der Waals surface area contributed by atoms with E-state index in [4.69, 9.17) is 11.2 Å². The summed E-state index contributed by atoms with van der Waals surface area (Å²) in [6.45, 7) is 9.33. The number of nitrogens with one attached hydrogen (secondary N) is 1. The molecule has 0 saturated carbocycles. The van der Waals surface area contributed by atoms with Gasteiger partial charge in [-0.15, -0.1) is 18.2 Å². The highest BCUT2D eigenvalue weighted by molar-refractivity contribution is 7.99. The Hall–Kier alpha value is -0.860. The topological polar surface area (TPSA) is 41.6 Å². The molecule has 0 atom stereocenters. The SMILES string of the molecule is C#CCSCCNCC1CCN(C(=O)OC(C)(C)C)CC1. The van der Waals surface area contributed by atoms with Gasteiger partial charge in [0.1, 0.15) is 5.60 Å². The lowest BCUT2D eigenvalue weighted by Gasteiger charge is -2.33. The third kappa shape index (κ3) is 8.23. The predicted molar refractivity (Wildman–Crippen MR) is 89.6 cm³/mol. The van der Waals surface area contributed by atoms with Crippen molar-refractivity contribution in [3.8, 4) is 12.3 Å². The number of terminal acetylenes is 1. The molecule has 1 N–H and O–H groups in total. The van der Waals surface area contributed by atoms with Gasteiger partial charge in [0.2, 0.25) is 0 Å². The normalized spacial score (nSPS) is 16.6. The van der Waals surface area contributed by atoms with E-state index >= 15 is 0 Å². The van der Waals surface area contributed by atoms with Gasteiger partial charge >= 0.3 is 6.09 Å². The highest BCUT2D eigenvalue weighted by Gasteiger charge is 2.26. The first-order chi connectivity index (χ1) is 9.92. The Morgan fingerprint density at radius 1 is 1.43 bits per heavy atom. The first-order valence-electron chi connectivity index (χ1n) is 7.62. The van der Waals surface area contributed by atoms with E-state index in [0.29, 0.717) is 5.92 Å². The lowest BCUT2D eigenvalue weighted by atomic mass is 9.97. The van der Waals surface area contributed by atoms with Crippen molar-refractivity contribution < 1.29 is 9.53 Å². The van der Waals surface area contributed by atoms with Crippen LogP contribution in [-0.4, -0.2) is 54.3 Å². The Morgan fingerprint density at radius 3 is 2.67 bits per heavy atom. The molecule has 1 aliphatic rings. The summed E-state index contributed by atoms with van der Waals surface area (Å²) in [5, 5.41) is 3.47. The molecule has 1 saturated heterocycles. The molecule has 5 heteroatoms. The minimum atomic E-state index is -0.411. The van der Waals surface area contributed by atoms with Crippen molar-refractivity contribution in [3.05, 3.63) is 0 Å². The van der Waals surface area contributed by atoms with Gasteiger partial charge in [-0.1, -0.05) is 5.92 Å². The number of hydrogen-bond acceptors (Lipinski definition) is 4. The number of hydrogen-bond donors (Lipinski definition) is 1. The predicted octanol–water partition coefficient (Wildman–Crippen LogP) is 2.59. The monoisotopic (exact) mass is 312 g/mol. The van der Waals surface area contributed by atoms with Gasteiger partial charge in [0, 0.05) is 25.4 Å². The minimum absolute atomic E-state index is 0.181. The van der Waals surface area contributed by atoms with Crippen molar-refractivity contribution in [1.29, 1.82) is 0 Å². The molecule has 0 aromatic carbocycles. The number of piperidine rings is 1. The van der Waals surface area contributed by atoms with Crippen LogP contribution in [0, 0.1) is 18.3 Å². The molecule has 0 bridgehead atoms. The number of likely N-dealkylation sites (tertiary alicyclic amines) is 1. The van der Waals surface area contributed by atoms with Crippen LogP contribution in [0.1, 0.15) is 33.6 Å². The zero-order chi connectivity index (χ0) is 15.7.